The van der Waals surface area contributed by atoms with E-state index in [1.54, 1.807) is 24.3 Å². The molecule has 0 atom stereocenters. The summed E-state index contributed by atoms with van der Waals surface area (Å²) >= 11 is 0. The fourth-order valence-electron chi connectivity index (χ4n) is 1.57. The maximum atomic E-state index is 12.2. The van der Waals surface area contributed by atoms with E-state index in [1.165, 1.54) is 0 Å². The van der Waals surface area contributed by atoms with E-state index in [0.29, 0.717) is 10.8 Å². The van der Waals surface area contributed by atoms with Crippen molar-refractivity contribution in [3.05, 3.63) is 35.4 Å². The number of carbonyl (C=O) groups is 1. The molecule has 0 saturated carbocycles. The average molecular weight is 259 g/mol. The van der Waals surface area contributed by atoms with Gasteiger partial charge in [-0.15, -0.1) is 0 Å². The van der Waals surface area contributed by atoms with Gasteiger partial charge in [-0.05, 0) is 23.6 Å². The summed E-state index contributed by atoms with van der Waals surface area (Å²) in [4.78, 5) is 12.4. The SMILES string of the molecule is CC(C)c1ccc(C(=O)N(C)CC(F)(F)F)cc1. The Kier molecular flexibility index (Phi) is 4.38. The van der Waals surface area contributed by atoms with Crippen molar-refractivity contribution in [1.82, 2.24) is 4.90 Å². The van der Waals surface area contributed by atoms with Gasteiger partial charge in [-0.1, -0.05) is 26.0 Å². The zero-order valence-corrected chi connectivity index (χ0v) is 10.6. The smallest absolute Gasteiger partial charge is 0.333 e. The molecule has 0 unspecified atom stereocenters. The molecule has 100 valence electrons. The summed E-state index contributed by atoms with van der Waals surface area (Å²) in [5, 5.41) is 0. The van der Waals surface area contributed by atoms with Crippen LogP contribution in [0.5, 0.6) is 0 Å². The van der Waals surface area contributed by atoms with Crippen LogP contribution in [0.15, 0.2) is 24.3 Å². The summed E-state index contributed by atoms with van der Waals surface area (Å²) < 4.78 is 36.5. The number of alkyl halides is 3. The summed E-state index contributed by atoms with van der Waals surface area (Å²) in [5.74, 6) is -0.301. The lowest BCUT2D eigenvalue weighted by molar-refractivity contribution is -0.138. The van der Waals surface area contributed by atoms with Gasteiger partial charge >= 0.3 is 6.18 Å². The zero-order chi connectivity index (χ0) is 13.9. The first-order chi connectivity index (χ1) is 8.20. The number of nitrogens with zero attached hydrogens (tertiary/aromatic N) is 1. The minimum atomic E-state index is -4.37. The van der Waals surface area contributed by atoms with E-state index in [-0.39, 0.29) is 5.56 Å². The summed E-state index contributed by atoms with van der Waals surface area (Å²) in [6, 6.07) is 6.65. The Hall–Kier alpha value is -1.52. The molecule has 0 aromatic heterocycles. The first-order valence-corrected chi connectivity index (χ1v) is 5.63. The van der Waals surface area contributed by atoms with Gasteiger partial charge in [-0.25, -0.2) is 0 Å². The molecule has 5 heteroatoms. The molecule has 2 nitrogen and oxygen atoms in total. The van der Waals surface area contributed by atoms with E-state index < -0.39 is 18.6 Å². The normalized spacial score (nSPS) is 11.7. The van der Waals surface area contributed by atoms with Crippen LogP contribution in [0.1, 0.15) is 35.7 Å². The molecule has 0 N–H and O–H groups in total. The van der Waals surface area contributed by atoms with Gasteiger partial charge in [0.15, 0.2) is 0 Å². The quantitative estimate of drug-likeness (QED) is 0.814. The van der Waals surface area contributed by atoms with Crippen LogP contribution in [0.4, 0.5) is 13.2 Å². The zero-order valence-electron chi connectivity index (χ0n) is 10.6. The third-order valence-electron chi connectivity index (χ3n) is 2.59. The van der Waals surface area contributed by atoms with Crippen LogP contribution in [0.2, 0.25) is 0 Å². The number of hydrogen-bond donors (Lipinski definition) is 0. The van der Waals surface area contributed by atoms with Crippen LogP contribution >= 0.6 is 0 Å². The molecule has 0 spiro atoms. The van der Waals surface area contributed by atoms with Crippen molar-refractivity contribution in [2.24, 2.45) is 0 Å². The molecule has 0 aliphatic rings. The lowest BCUT2D eigenvalue weighted by Gasteiger charge is -2.19. The Morgan fingerprint density at radius 2 is 1.72 bits per heavy atom. The molecular formula is C13H16F3NO. The second kappa shape index (κ2) is 5.42. The highest BCUT2D eigenvalue weighted by Gasteiger charge is 2.31. The Bertz CT molecular complexity index is 409. The van der Waals surface area contributed by atoms with Crippen LogP contribution in [0, 0.1) is 0 Å². The maximum absolute atomic E-state index is 12.2. The van der Waals surface area contributed by atoms with E-state index >= 15 is 0 Å². The summed E-state index contributed by atoms with van der Waals surface area (Å²) in [6.07, 6.45) is -4.37. The minimum Gasteiger partial charge on any atom is -0.333 e. The van der Waals surface area contributed by atoms with Gasteiger partial charge in [0.1, 0.15) is 6.54 Å². The average Bonchev–Trinajstić information content (AvgIpc) is 2.26. The summed E-state index contributed by atoms with van der Waals surface area (Å²) in [7, 11) is 1.15. The highest BCUT2D eigenvalue weighted by Crippen LogP contribution is 2.18. The maximum Gasteiger partial charge on any atom is 0.406 e. The summed E-state index contributed by atoms with van der Waals surface area (Å²) in [5.41, 5.74) is 1.32. The van der Waals surface area contributed by atoms with Gasteiger partial charge in [0.2, 0.25) is 0 Å². The molecule has 0 radical (unpaired) electrons. The van der Waals surface area contributed by atoms with Crippen LogP contribution < -0.4 is 0 Å². The van der Waals surface area contributed by atoms with E-state index in [4.69, 9.17) is 0 Å². The predicted molar refractivity (Wildman–Crippen MR) is 63.5 cm³/mol. The molecule has 18 heavy (non-hydrogen) atoms. The van der Waals surface area contributed by atoms with Crippen molar-refractivity contribution in [3.8, 4) is 0 Å². The van der Waals surface area contributed by atoms with Crippen molar-refractivity contribution in [1.29, 1.82) is 0 Å². The Labute approximate surface area is 104 Å². The standard InChI is InChI=1S/C13H16F3NO/c1-9(2)10-4-6-11(7-5-10)12(18)17(3)8-13(14,15)16/h4-7,9H,8H2,1-3H3. The van der Waals surface area contributed by atoms with E-state index in [0.717, 1.165) is 12.6 Å². The number of amides is 1. The van der Waals surface area contributed by atoms with Crippen LogP contribution in [-0.2, 0) is 0 Å². The largest absolute Gasteiger partial charge is 0.406 e. The van der Waals surface area contributed by atoms with E-state index in [9.17, 15) is 18.0 Å². The topological polar surface area (TPSA) is 20.3 Å². The van der Waals surface area contributed by atoms with Crippen LogP contribution in [0.3, 0.4) is 0 Å². The number of hydrogen-bond acceptors (Lipinski definition) is 1. The predicted octanol–water partition coefficient (Wildman–Crippen LogP) is 3.44. The monoisotopic (exact) mass is 259 g/mol. The Balaban J connectivity index is 2.78. The molecule has 1 aromatic rings. The first kappa shape index (κ1) is 14.5. The van der Waals surface area contributed by atoms with Crippen molar-refractivity contribution >= 4 is 5.91 Å². The van der Waals surface area contributed by atoms with Crippen molar-refractivity contribution < 1.29 is 18.0 Å². The van der Waals surface area contributed by atoms with Gasteiger partial charge in [0.25, 0.3) is 5.91 Å². The molecule has 0 aliphatic heterocycles. The molecule has 0 heterocycles. The van der Waals surface area contributed by atoms with E-state index in [1.807, 2.05) is 13.8 Å². The van der Waals surface area contributed by atoms with Crippen LogP contribution in [-0.4, -0.2) is 30.6 Å². The fraction of sp³-hybridized carbons (Fsp3) is 0.462. The molecule has 0 saturated heterocycles. The molecule has 1 aromatic carbocycles. The molecule has 0 bridgehead atoms. The van der Waals surface area contributed by atoms with Gasteiger partial charge < -0.3 is 4.90 Å². The number of rotatable bonds is 3. The van der Waals surface area contributed by atoms with Crippen LogP contribution in [0.25, 0.3) is 0 Å². The third-order valence-corrected chi connectivity index (χ3v) is 2.59. The van der Waals surface area contributed by atoms with Gasteiger partial charge in [0.05, 0.1) is 0 Å². The van der Waals surface area contributed by atoms with Crippen molar-refractivity contribution in [3.63, 3.8) is 0 Å². The van der Waals surface area contributed by atoms with Gasteiger partial charge in [-0.2, -0.15) is 13.2 Å². The van der Waals surface area contributed by atoms with Gasteiger partial charge in [0, 0.05) is 12.6 Å². The van der Waals surface area contributed by atoms with Crippen molar-refractivity contribution in [2.45, 2.75) is 25.9 Å². The summed E-state index contributed by atoms with van der Waals surface area (Å²) in [6.45, 7) is 2.77. The van der Waals surface area contributed by atoms with E-state index in [2.05, 4.69) is 0 Å². The Morgan fingerprint density at radius 3 is 2.11 bits per heavy atom. The molecule has 1 amide bonds. The lowest BCUT2D eigenvalue weighted by atomic mass is 10.0. The number of benzene rings is 1. The Morgan fingerprint density at radius 1 is 1.22 bits per heavy atom. The third kappa shape index (κ3) is 4.05. The van der Waals surface area contributed by atoms with Gasteiger partial charge in [-0.3, -0.25) is 4.79 Å². The first-order valence-electron chi connectivity index (χ1n) is 5.63. The second-order valence-corrected chi connectivity index (χ2v) is 4.55. The molecule has 0 fully saturated rings. The molecular weight excluding hydrogens is 243 g/mol. The van der Waals surface area contributed by atoms with Crippen molar-refractivity contribution in [2.75, 3.05) is 13.6 Å². The highest BCUT2D eigenvalue weighted by atomic mass is 19.4. The number of carbonyl (C=O) groups excluding carboxylic acids is 1. The minimum absolute atomic E-state index is 0.270. The number of halogens is 3. The highest BCUT2D eigenvalue weighted by molar-refractivity contribution is 5.94. The second-order valence-electron chi connectivity index (χ2n) is 4.55. The molecule has 1 rings (SSSR count). The lowest BCUT2D eigenvalue weighted by Crippen LogP contribution is -2.35. The molecule has 0 aliphatic carbocycles. The fourth-order valence-corrected chi connectivity index (χ4v) is 1.57.